The smallest absolute Gasteiger partial charge is 0.419 e. The van der Waals surface area contributed by atoms with E-state index in [2.05, 4.69) is 15.2 Å². The van der Waals surface area contributed by atoms with Gasteiger partial charge in [-0.2, -0.15) is 13.2 Å². The van der Waals surface area contributed by atoms with Crippen LogP contribution in [0.3, 0.4) is 0 Å². The number of aromatic nitrogens is 1. The minimum Gasteiger partial charge on any atom is -0.444 e. The van der Waals surface area contributed by atoms with Gasteiger partial charge >= 0.3 is 18.4 Å². The topological polar surface area (TPSA) is 87.2 Å². The first-order valence-electron chi connectivity index (χ1n) is 12.0. The second-order valence-electron chi connectivity index (χ2n) is 9.86. The van der Waals surface area contributed by atoms with Gasteiger partial charge in [0.05, 0.1) is 18.7 Å². The number of carbonyl (C=O) groups is 2. The van der Waals surface area contributed by atoms with Crippen molar-refractivity contribution in [1.29, 1.82) is 0 Å². The normalized spacial score (nSPS) is 18.6. The Kier molecular flexibility index (Phi) is 7.37. The molecular weight excluding hydrogens is 491 g/mol. The number of amides is 2. The predicted octanol–water partition coefficient (Wildman–Crippen LogP) is 4.28. The van der Waals surface area contributed by atoms with E-state index in [0.717, 1.165) is 11.8 Å². The summed E-state index contributed by atoms with van der Waals surface area (Å²) >= 11 is 0. The molecule has 200 valence electrons. The average Bonchev–Trinajstić information content (AvgIpc) is 3.22. The highest BCUT2D eigenvalue weighted by Crippen LogP contribution is 2.35. The third-order valence-corrected chi connectivity index (χ3v) is 5.94. The zero-order chi connectivity index (χ0) is 26.8. The SMILES string of the molecule is CC(C)(C)OC(=O)NC[C@H]1CN(c2ccc(N3CCN(c4ncccc4C(F)(F)F)CC3)cc2)C(=O)O1. The summed E-state index contributed by atoms with van der Waals surface area (Å²) in [7, 11) is 0. The lowest BCUT2D eigenvalue weighted by Gasteiger charge is -2.37. The molecule has 2 aliphatic heterocycles. The van der Waals surface area contributed by atoms with Gasteiger partial charge in [-0.05, 0) is 57.2 Å². The molecule has 1 atom stereocenters. The molecule has 0 bridgehead atoms. The van der Waals surface area contributed by atoms with Crippen molar-refractivity contribution >= 4 is 29.4 Å². The molecule has 1 aromatic heterocycles. The number of alkyl halides is 3. The van der Waals surface area contributed by atoms with Gasteiger partial charge in [0.15, 0.2) is 0 Å². The number of halogens is 3. The van der Waals surface area contributed by atoms with Crippen LogP contribution in [0.2, 0.25) is 0 Å². The van der Waals surface area contributed by atoms with Crippen molar-refractivity contribution in [3.05, 3.63) is 48.2 Å². The fraction of sp³-hybridized carbons (Fsp3) is 0.480. The number of nitrogens with one attached hydrogen (secondary N) is 1. The van der Waals surface area contributed by atoms with Crippen LogP contribution in [-0.2, 0) is 15.7 Å². The molecular formula is C25H30F3N5O4. The molecule has 3 heterocycles. The van der Waals surface area contributed by atoms with Crippen LogP contribution in [0.4, 0.5) is 40.0 Å². The van der Waals surface area contributed by atoms with Crippen LogP contribution in [0, 0.1) is 0 Å². The van der Waals surface area contributed by atoms with E-state index < -0.39 is 35.6 Å². The van der Waals surface area contributed by atoms with Crippen LogP contribution >= 0.6 is 0 Å². The Morgan fingerprint density at radius 1 is 1.05 bits per heavy atom. The summed E-state index contributed by atoms with van der Waals surface area (Å²) in [6, 6.07) is 9.67. The largest absolute Gasteiger partial charge is 0.444 e. The van der Waals surface area contributed by atoms with E-state index in [1.807, 2.05) is 12.1 Å². The molecule has 2 saturated heterocycles. The summed E-state index contributed by atoms with van der Waals surface area (Å²) < 4.78 is 50.6. The highest BCUT2D eigenvalue weighted by Gasteiger charge is 2.36. The summed E-state index contributed by atoms with van der Waals surface area (Å²) in [4.78, 5) is 33.4. The predicted molar refractivity (Wildman–Crippen MR) is 132 cm³/mol. The molecule has 1 N–H and O–H groups in total. The van der Waals surface area contributed by atoms with Gasteiger partial charge in [-0.3, -0.25) is 4.90 Å². The molecule has 12 heteroatoms. The number of cyclic esters (lactones) is 1. The van der Waals surface area contributed by atoms with Crippen LogP contribution in [0.25, 0.3) is 0 Å². The quantitative estimate of drug-likeness (QED) is 0.629. The summed E-state index contributed by atoms with van der Waals surface area (Å²) in [5.41, 5.74) is 0.193. The fourth-order valence-corrected chi connectivity index (χ4v) is 4.24. The first-order valence-corrected chi connectivity index (χ1v) is 12.0. The highest BCUT2D eigenvalue weighted by molar-refractivity contribution is 5.90. The second kappa shape index (κ2) is 10.3. The number of alkyl carbamates (subject to hydrolysis) is 1. The number of hydrogen-bond acceptors (Lipinski definition) is 7. The molecule has 0 radical (unpaired) electrons. The molecule has 1 aromatic carbocycles. The van der Waals surface area contributed by atoms with Crippen LogP contribution in [-0.4, -0.2) is 68.1 Å². The zero-order valence-corrected chi connectivity index (χ0v) is 20.9. The van der Waals surface area contributed by atoms with E-state index >= 15 is 0 Å². The Morgan fingerprint density at radius 2 is 1.68 bits per heavy atom. The van der Waals surface area contributed by atoms with Crippen molar-refractivity contribution < 1.29 is 32.2 Å². The average molecular weight is 522 g/mol. The Bertz CT molecular complexity index is 1110. The molecule has 2 aromatic rings. The lowest BCUT2D eigenvalue weighted by Crippen LogP contribution is -2.47. The number of piperazine rings is 1. The van der Waals surface area contributed by atoms with Crippen molar-refractivity contribution in [3.8, 4) is 0 Å². The highest BCUT2D eigenvalue weighted by atomic mass is 19.4. The van der Waals surface area contributed by atoms with Crippen LogP contribution in [0.1, 0.15) is 26.3 Å². The molecule has 0 aliphatic carbocycles. The van der Waals surface area contributed by atoms with Crippen molar-refractivity contribution in [2.75, 3.05) is 54.0 Å². The van der Waals surface area contributed by atoms with Crippen LogP contribution in [0.15, 0.2) is 42.6 Å². The van der Waals surface area contributed by atoms with E-state index in [4.69, 9.17) is 9.47 Å². The molecule has 2 fully saturated rings. The van der Waals surface area contributed by atoms with E-state index in [0.29, 0.717) is 31.9 Å². The standard InChI is InChI=1S/C25H30F3N5O4/c1-24(2,3)37-22(34)30-15-19-16-33(23(35)36-19)18-8-6-17(7-9-18)31-11-13-32(14-12-31)21-20(25(26,27)28)5-4-10-29-21/h4-10,19H,11-16H2,1-3H3,(H,30,34)/t19-/m0/s1. The van der Waals surface area contributed by atoms with Gasteiger partial charge in [-0.25, -0.2) is 14.6 Å². The Hall–Kier alpha value is -3.70. The molecule has 2 aliphatic rings. The fourth-order valence-electron chi connectivity index (χ4n) is 4.24. The molecule has 9 nitrogen and oxygen atoms in total. The lowest BCUT2D eigenvalue weighted by molar-refractivity contribution is -0.137. The molecule has 0 spiro atoms. The van der Waals surface area contributed by atoms with Crippen LogP contribution < -0.4 is 20.0 Å². The Labute approximate surface area is 213 Å². The molecule has 2 amide bonds. The van der Waals surface area contributed by atoms with Crippen molar-refractivity contribution in [2.24, 2.45) is 0 Å². The summed E-state index contributed by atoms with van der Waals surface area (Å²) in [6.45, 7) is 7.53. The van der Waals surface area contributed by atoms with Crippen molar-refractivity contribution in [3.63, 3.8) is 0 Å². The van der Waals surface area contributed by atoms with Gasteiger partial charge in [0.2, 0.25) is 0 Å². The molecule has 0 saturated carbocycles. The maximum absolute atomic E-state index is 13.4. The first kappa shape index (κ1) is 26.4. The van der Waals surface area contributed by atoms with Crippen molar-refractivity contribution in [1.82, 2.24) is 10.3 Å². The van der Waals surface area contributed by atoms with Crippen molar-refractivity contribution in [2.45, 2.75) is 38.7 Å². The maximum atomic E-state index is 13.4. The van der Waals surface area contributed by atoms with Gasteiger partial charge in [0, 0.05) is 43.8 Å². The first-order chi connectivity index (χ1) is 17.4. The number of nitrogens with zero attached hydrogens (tertiary/aromatic N) is 4. The maximum Gasteiger partial charge on any atom is 0.419 e. The second-order valence-corrected chi connectivity index (χ2v) is 9.86. The zero-order valence-electron chi connectivity index (χ0n) is 20.9. The Balaban J connectivity index is 1.31. The lowest BCUT2D eigenvalue weighted by atomic mass is 10.2. The van der Waals surface area contributed by atoms with Gasteiger partial charge in [-0.15, -0.1) is 0 Å². The molecule has 4 rings (SSSR count). The molecule has 0 unspecified atom stereocenters. The number of ether oxygens (including phenoxy) is 2. The summed E-state index contributed by atoms with van der Waals surface area (Å²) in [6.07, 6.45) is -4.69. The minimum atomic E-state index is -4.46. The summed E-state index contributed by atoms with van der Waals surface area (Å²) in [5, 5.41) is 2.61. The number of rotatable bonds is 5. The summed E-state index contributed by atoms with van der Waals surface area (Å²) in [5.74, 6) is -0.0479. The van der Waals surface area contributed by atoms with E-state index in [1.54, 1.807) is 37.8 Å². The number of hydrogen-bond donors (Lipinski definition) is 1. The van der Waals surface area contributed by atoms with Gasteiger partial charge in [-0.1, -0.05) is 0 Å². The number of anilines is 3. The van der Waals surface area contributed by atoms with E-state index in [1.165, 1.54) is 17.2 Å². The number of pyridine rings is 1. The third-order valence-electron chi connectivity index (χ3n) is 5.94. The van der Waals surface area contributed by atoms with Gasteiger partial charge < -0.3 is 24.6 Å². The third kappa shape index (κ3) is 6.55. The monoisotopic (exact) mass is 521 g/mol. The van der Waals surface area contributed by atoms with Crippen LogP contribution in [0.5, 0.6) is 0 Å². The molecule has 37 heavy (non-hydrogen) atoms. The number of carbonyl (C=O) groups excluding carboxylic acids is 2. The Morgan fingerprint density at radius 3 is 2.30 bits per heavy atom. The van der Waals surface area contributed by atoms with E-state index in [-0.39, 0.29) is 18.9 Å². The van der Waals surface area contributed by atoms with E-state index in [9.17, 15) is 22.8 Å². The van der Waals surface area contributed by atoms with Gasteiger partial charge in [0.25, 0.3) is 0 Å². The minimum absolute atomic E-state index is 0.0479. The van der Waals surface area contributed by atoms with Gasteiger partial charge in [0.1, 0.15) is 17.5 Å². The number of benzene rings is 1.